The van der Waals surface area contributed by atoms with Crippen LogP contribution in [0.5, 0.6) is 0 Å². The Hall–Kier alpha value is -2.37. The monoisotopic (exact) mass is 383 g/mol. The number of hydrogen-bond acceptors (Lipinski definition) is 3. The van der Waals surface area contributed by atoms with Gasteiger partial charge in [0.2, 0.25) is 0 Å². The van der Waals surface area contributed by atoms with E-state index < -0.39 is 0 Å². The smallest absolute Gasteiger partial charge is 0.178 e. The summed E-state index contributed by atoms with van der Waals surface area (Å²) in [5.74, 6) is 0.482. The molecule has 0 bridgehead atoms. The summed E-state index contributed by atoms with van der Waals surface area (Å²) in [6, 6.07) is 18.3. The number of nitrogens with zero attached hydrogens (tertiary/aromatic N) is 3. The van der Waals surface area contributed by atoms with E-state index in [0.717, 1.165) is 27.4 Å². The van der Waals surface area contributed by atoms with Gasteiger partial charge in [-0.2, -0.15) is 0 Å². The van der Waals surface area contributed by atoms with E-state index in [4.69, 9.17) is 11.6 Å². The molecule has 2 aromatic heterocycles. The fourth-order valence-electron chi connectivity index (χ4n) is 2.75. The molecule has 0 aliphatic heterocycles. The third-order valence-corrected chi connectivity index (χ3v) is 5.28. The van der Waals surface area contributed by atoms with Crippen molar-refractivity contribution in [2.75, 3.05) is 0 Å². The van der Waals surface area contributed by atoms with E-state index in [0.29, 0.717) is 17.3 Å². The molecule has 0 amide bonds. The summed E-state index contributed by atoms with van der Waals surface area (Å²) in [5, 5.41) is 1.59. The lowest BCUT2D eigenvalue weighted by molar-refractivity contribution is 0.627. The van der Waals surface area contributed by atoms with Crippen LogP contribution in [0, 0.1) is 5.82 Å². The topological polar surface area (TPSA) is 30.7 Å². The molecule has 0 aliphatic carbocycles. The highest BCUT2D eigenvalue weighted by Crippen LogP contribution is 2.27. The molecule has 2 heterocycles. The SMILES string of the molecule is Fc1ccc(CSc2nc3ncccc3n2Cc2cccc(Cl)c2)cc1. The highest BCUT2D eigenvalue weighted by Gasteiger charge is 2.13. The van der Waals surface area contributed by atoms with Gasteiger partial charge in [-0.1, -0.05) is 47.6 Å². The Bertz CT molecular complexity index is 1050. The molecule has 130 valence electrons. The first-order chi connectivity index (χ1) is 12.7. The van der Waals surface area contributed by atoms with E-state index in [-0.39, 0.29) is 5.82 Å². The van der Waals surface area contributed by atoms with Crippen LogP contribution in [0.25, 0.3) is 11.2 Å². The van der Waals surface area contributed by atoms with Crippen LogP contribution in [0.15, 0.2) is 72.0 Å². The number of imidazole rings is 1. The molecular formula is C20H15ClFN3S. The first-order valence-corrected chi connectivity index (χ1v) is 9.48. The normalized spacial score (nSPS) is 11.2. The molecule has 3 nitrogen and oxygen atoms in total. The predicted octanol–water partition coefficient (Wildman–Crippen LogP) is 5.56. The van der Waals surface area contributed by atoms with Crippen molar-refractivity contribution < 1.29 is 4.39 Å². The molecule has 0 saturated heterocycles. The molecular weight excluding hydrogens is 369 g/mol. The lowest BCUT2D eigenvalue weighted by atomic mass is 10.2. The minimum absolute atomic E-state index is 0.226. The maximum Gasteiger partial charge on any atom is 0.178 e. The van der Waals surface area contributed by atoms with Crippen molar-refractivity contribution in [1.82, 2.24) is 14.5 Å². The maximum absolute atomic E-state index is 13.1. The van der Waals surface area contributed by atoms with Gasteiger partial charge in [0, 0.05) is 17.0 Å². The highest BCUT2D eigenvalue weighted by atomic mass is 35.5. The molecule has 0 fully saturated rings. The Balaban J connectivity index is 1.65. The summed E-state index contributed by atoms with van der Waals surface area (Å²) in [6.45, 7) is 0.661. The Morgan fingerprint density at radius 2 is 1.85 bits per heavy atom. The first-order valence-electron chi connectivity index (χ1n) is 8.12. The van der Waals surface area contributed by atoms with E-state index >= 15 is 0 Å². The van der Waals surface area contributed by atoms with E-state index in [1.807, 2.05) is 36.4 Å². The molecule has 4 rings (SSSR count). The summed E-state index contributed by atoms with van der Waals surface area (Å²) >= 11 is 7.74. The van der Waals surface area contributed by atoms with Crippen LogP contribution in [0.2, 0.25) is 5.02 Å². The minimum Gasteiger partial charge on any atom is -0.313 e. The Morgan fingerprint density at radius 3 is 2.65 bits per heavy atom. The lowest BCUT2D eigenvalue weighted by Crippen LogP contribution is -2.01. The van der Waals surface area contributed by atoms with E-state index in [9.17, 15) is 4.39 Å². The van der Waals surface area contributed by atoms with Gasteiger partial charge in [0.25, 0.3) is 0 Å². The zero-order chi connectivity index (χ0) is 17.9. The van der Waals surface area contributed by atoms with Crippen LogP contribution in [0.3, 0.4) is 0 Å². The van der Waals surface area contributed by atoms with Gasteiger partial charge in [-0.25, -0.2) is 14.4 Å². The molecule has 2 aromatic carbocycles. The molecule has 0 unspecified atom stereocenters. The molecule has 0 radical (unpaired) electrons. The summed E-state index contributed by atoms with van der Waals surface area (Å²) in [4.78, 5) is 9.04. The van der Waals surface area contributed by atoms with E-state index in [2.05, 4.69) is 14.5 Å². The fraction of sp³-hybridized carbons (Fsp3) is 0.100. The number of fused-ring (bicyclic) bond motifs is 1. The van der Waals surface area contributed by atoms with Crippen molar-refractivity contribution in [1.29, 1.82) is 0 Å². The summed E-state index contributed by atoms with van der Waals surface area (Å²) < 4.78 is 15.2. The average molecular weight is 384 g/mol. The molecule has 0 spiro atoms. The van der Waals surface area contributed by atoms with Gasteiger partial charge in [-0.15, -0.1) is 0 Å². The minimum atomic E-state index is -0.226. The maximum atomic E-state index is 13.1. The number of halogens is 2. The Kier molecular flexibility index (Phi) is 4.91. The van der Waals surface area contributed by atoms with Gasteiger partial charge in [0.05, 0.1) is 12.1 Å². The van der Waals surface area contributed by atoms with Crippen molar-refractivity contribution >= 4 is 34.5 Å². The Labute approximate surface area is 159 Å². The van der Waals surface area contributed by atoms with Crippen LogP contribution in [0.1, 0.15) is 11.1 Å². The van der Waals surface area contributed by atoms with Crippen LogP contribution < -0.4 is 0 Å². The molecule has 6 heteroatoms. The zero-order valence-corrected chi connectivity index (χ0v) is 15.3. The Morgan fingerprint density at radius 1 is 1.00 bits per heavy atom. The lowest BCUT2D eigenvalue weighted by Gasteiger charge is -2.09. The number of rotatable bonds is 5. The van der Waals surface area contributed by atoms with Crippen molar-refractivity contribution in [3.63, 3.8) is 0 Å². The zero-order valence-electron chi connectivity index (χ0n) is 13.8. The molecule has 0 saturated carbocycles. The van der Waals surface area contributed by atoms with Crippen LogP contribution >= 0.6 is 23.4 Å². The van der Waals surface area contributed by atoms with E-state index in [1.54, 1.807) is 30.1 Å². The standard InChI is InChI=1S/C20H15ClFN3S/c21-16-4-1-3-15(11-16)12-25-18-5-2-10-23-19(18)24-20(25)26-13-14-6-8-17(22)9-7-14/h1-11H,12-13H2. The summed E-state index contributed by atoms with van der Waals surface area (Å²) in [6.07, 6.45) is 1.74. The number of pyridine rings is 1. The van der Waals surface area contributed by atoms with Crippen LogP contribution in [0.4, 0.5) is 4.39 Å². The third kappa shape index (κ3) is 3.74. The number of aromatic nitrogens is 3. The molecule has 26 heavy (non-hydrogen) atoms. The van der Waals surface area contributed by atoms with Gasteiger partial charge < -0.3 is 4.57 Å². The number of thioether (sulfide) groups is 1. The quantitative estimate of drug-likeness (QED) is 0.422. The molecule has 4 aromatic rings. The number of benzene rings is 2. The van der Waals surface area contributed by atoms with Gasteiger partial charge in [0.15, 0.2) is 10.8 Å². The van der Waals surface area contributed by atoms with Gasteiger partial charge >= 0.3 is 0 Å². The number of hydrogen-bond donors (Lipinski definition) is 0. The third-order valence-electron chi connectivity index (χ3n) is 4.00. The largest absolute Gasteiger partial charge is 0.313 e. The summed E-state index contributed by atoms with van der Waals surface area (Å²) in [5.41, 5.74) is 3.85. The fourth-order valence-corrected chi connectivity index (χ4v) is 3.92. The van der Waals surface area contributed by atoms with E-state index in [1.165, 1.54) is 12.1 Å². The second kappa shape index (κ2) is 7.48. The van der Waals surface area contributed by atoms with Crippen LogP contribution in [-0.4, -0.2) is 14.5 Å². The average Bonchev–Trinajstić information content (AvgIpc) is 2.99. The highest BCUT2D eigenvalue weighted by molar-refractivity contribution is 7.98. The molecule has 0 aliphatic rings. The first kappa shape index (κ1) is 17.1. The summed E-state index contributed by atoms with van der Waals surface area (Å²) in [7, 11) is 0. The van der Waals surface area contributed by atoms with Gasteiger partial charge in [0.1, 0.15) is 5.82 Å². The second-order valence-electron chi connectivity index (χ2n) is 5.87. The molecule has 0 atom stereocenters. The van der Waals surface area contributed by atoms with Crippen molar-refractivity contribution in [2.24, 2.45) is 0 Å². The van der Waals surface area contributed by atoms with Gasteiger partial charge in [-0.05, 0) is 47.5 Å². The van der Waals surface area contributed by atoms with Crippen molar-refractivity contribution in [3.05, 3.63) is 88.8 Å². The predicted molar refractivity (Wildman–Crippen MR) is 104 cm³/mol. The van der Waals surface area contributed by atoms with Gasteiger partial charge in [-0.3, -0.25) is 0 Å². The molecule has 0 N–H and O–H groups in total. The van der Waals surface area contributed by atoms with Crippen molar-refractivity contribution in [3.8, 4) is 0 Å². The van der Waals surface area contributed by atoms with Crippen molar-refractivity contribution in [2.45, 2.75) is 17.5 Å². The van der Waals surface area contributed by atoms with Crippen LogP contribution in [-0.2, 0) is 12.3 Å². The second-order valence-corrected chi connectivity index (χ2v) is 7.25.